The van der Waals surface area contributed by atoms with Gasteiger partial charge < -0.3 is 18.9 Å². The standard InChI is InChI=1S/C23H22O6/c1-12(24)26-21-19-18-16(28-22(19)29-23(21,2)3)10-9-14-15(25)11-17(27-20(14)18)13-7-5-4-6-8-13/h4-10,17,19,21-22H,11H2,1-3H3/t17-,19+,21+,22+/m0/s1. The average Bonchev–Trinajstić information content (AvgIpc) is 3.14. The molecule has 6 nitrogen and oxygen atoms in total. The molecule has 3 aliphatic heterocycles. The summed E-state index contributed by atoms with van der Waals surface area (Å²) in [6.07, 6.45) is -1.23. The number of hydrogen-bond donors (Lipinski definition) is 0. The molecule has 0 saturated carbocycles. The molecule has 1 saturated heterocycles. The minimum Gasteiger partial charge on any atom is -0.484 e. The van der Waals surface area contributed by atoms with E-state index in [1.807, 2.05) is 44.2 Å². The highest BCUT2D eigenvalue weighted by Gasteiger charge is 2.59. The van der Waals surface area contributed by atoms with E-state index in [0.717, 1.165) is 11.1 Å². The number of benzene rings is 2. The quantitative estimate of drug-likeness (QED) is 0.719. The van der Waals surface area contributed by atoms with Gasteiger partial charge in [0.1, 0.15) is 29.3 Å². The lowest BCUT2D eigenvalue weighted by atomic mass is 9.85. The van der Waals surface area contributed by atoms with E-state index in [2.05, 4.69) is 0 Å². The molecule has 3 aliphatic rings. The van der Waals surface area contributed by atoms with Crippen LogP contribution in [0, 0.1) is 0 Å². The van der Waals surface area contributed by atoms with E-state index in [9.17, 15) is 9.59 Å². The number of rotatable bonds is 2. The third-order valence-corrected chi connectivity index (χ3v) is 5.85. The third kappa shape index (κ3) is 2.82. The first-order valence-corrected chi connectivity index (χ1v) is 9.78. The number of Topliss-reactive ketones (excluding diaryl/α,β-unsaturated/α-hetero) is 1. The Balaban J connectivity index is 1.60. The van der Waals surface area contributed by atoms with Crippen molar-refractivity contribution in [3.63, 3.8) is 0 Å². The van der Waals surface area contributed by atoms with Gasteiger partial charge in [0.15, 0.2) is 5.78 Å². The first kappa shape index (κ1) is 18.2. The summed E-state index contributed by atoms with van der Waals surface area (Å²) in [5.74, 6) is 0.394. The molecule has 0 amide bonds. The zero-order chi connectivity index (χ0) is 20.3. The second kappa shape index (κ2) is 6.32. The van der Waals surface area contributed by atoms with E-state index in [1.54, 1.807) is 12.1 Å². The predicted molar refractivity (Wildman–Crippen MR) is 103 cm³/mol. The van der Waals surface area contributed by atoms with E-state index in [0.29, 0.717) is 17.1 Å². The highest BCUT2D eigenvalue weighted by atomic mass is 16.7. The zero-order valence-electron chi connectivity index (χ0n) is 16.5. The van der Waals surface area contributed by atoms with Crippen LogP contribution in [-0.2, 0) is 14.3 Å². The van der Waals surface area contributed by atoms with Crippen LogP contribution in [0.15, 0.2) is 42.5 Å². The number of ketones is 1. The fraction of sp³-hybridized carbons (Fsp3) is 0.391. The first-order valence-electron chi connectivity index (χ1n) is 9.78. The van der Waals surface area contributed by atoms with Crippen molar-refractivity contribution in [2.75, 3.05) is 0 Å². The van der Waals surface area contributed by atoms with Gasteiger partial charge in [0, 0.05) is 6.92 Å². The van der Waals surface area contributed by atoms with Crippen molar-refractivity contribution < 1.29 is 28.5 Å². The summed E-state index contributed by atoms with van der Waals surface area (Å²) in [5, 5.41) is 0. The van der Waals surface area contributed by atoms with E-state index in [4.69, 9.17) is 18.9 Å². The monoisotopic (exact) mass is 394 g/mol. The van der Waals surface area contributed by atoms with Crippen LogP contribution < -0.4 is 9.47 Å². The van der Waals surface area contributed by atoms with Crippen molar-refractivity contribution in [2.24, 2.45) is 0 Å². The molecule has 1 fully saturated rings. The van der Waals surface area contributed by atoms with Crippen LogP contribution in [0.2, 0.25) is 0 Å². The molecule has 29 heavy (non-hydrogen) atoms. The van der Waals surface area contributed by atoms with E-state index >= 15 is 0 Å². The van der Waals surface area contributed by atoms with Gasteiger partial charge in [-0.2, -0.15) is 0 Å². The lowest BCUT2D eigenvalue weighted by Gasteiger charge is -2.31. The first-order chi connectivity index (χ1) is 13.8. The maximum atomic E-state index is 12.9. The topological polar surface area (TPSA) is 71.1 Å². The van der Waals surface area contributed by atoms with Crippen LogP contribution in [0.25, 0.3) is 0 Å². The Labute approximate surface area is 168 Å². The van der Waals surface area contributed by atoms with Crippen molar-refractivity contribution in [1.82, 2.24) is 0 Å². The molecule has 150 valence electrons. The summed E-state index contributed by atoms with van der Waals surface area (Å²) >= 11 is 0. The van der Waals surface area contributed by atoms with Crippen LogP contribution in [0.4, 0.5) is 0 Å². The van der Waals surface area contributed by atoms with Crippen molar-refractivity contribution in [2.45, 2.75) is 57.2 Å². The molecule has 2 aromatic rings. The third-order valence-electron chi connectivity index (χ3n) is 5.85. The molecule has 2 aromatic carbocycles. The second-order valence-electron chi connectivity index (χ2n) is 8.26. The van der Waals surface area contributed by atoms with Gasteiger partial charge in [0.25, 0.3) is 0 Å². The molecule has 0 bridgehead atoms. The lowest BCUT2D eigenvalue weighted by molar-refractivity contribution is -0.159. The van der Waals surface area contributed by atoms with E-state index in [-0.39, 0.29) is 30.2 Å². The van der Waals surface area contributed by atoms with Crippen molar-refractivity contribution in [1.29, 1.82) is 0 Å². The summed E-state index contributed by atoms with van der Waals surface area (Å²) in [5.41, 5.74) is 1.50. The van der Waals surface area contributed by atoms with E-state index in [1.165, 1.54) is 6.92 Å². The van der Waals surface area contributed by atoms with Gasteiger partial charge >= 0.3 is 5.97 Å². The highest BCUT2D eigenvalue weighted by Crippen LogP contribution is 2.56. The van der Waals surface area contributed by atoms with Gasteiger partial charge in [-0.3, -0.25) is 9.59 Å². The molecule has 4 atom stereocenters. The van der Waals surface area contributed by atoms with Crippen LogP contribution >= 0.6 is 0 Å². The summed E-state index contributed by atoms with van der Waals surface area (Å²) in [4.78, 5) is 24.7. The summed E-state index contributed by atoms with van der Waals surface area (Å²) in [6, 6.07) is 13.2. The zero-order valence-corrected chi connectivity index (χ0v) is 16.5. The number of carbonyl (C=O) groups excluding carboxylic acids is 2. The second-order valence-corrected chi connectivity index (χ2v) is 8.26. The summed E-state index contributed by atoms with van der Waals surface area (Å²) in [6.45, 7) is 5.12. The molecule has 5 rings (SSSR count). The number of hydrogen-bond acceptors (Lipinski definition) is 6. The fourth-order valence-electron chi connectivity index (χ4n) is 4.58. The van der Waals surface area contributed by atoms with Gasteiger partial charge in [-0.1, -0.05) is 30.3 Å². The number of fused-ring (bicyclic) bond motifs is 5. The lowest BCUT2D eigenvalue weighted by Crippen LogP contribution is -2.38. The van der Waals surface area contributed by atoms with Gasteiger partial charge in [-0.05, 0) is 31.5 Å². The van der Waals surface area contributed by atoms with Crippen molar-refractivity contribution in [3.05, 3.63) is 59.2 Å². The smallest absolute Gasteiger partial charge is 0.303 e. The minimum atomic E-state index is -0.723. The summed E-state index contributed by atoms with van der Waals surface area (Å²) < 4.78 is 24.1. The molecule has 0 N–H and O–H groups in total. The van der Waals surface area contributed by atoms with Gasteiger partial charge in [0.2, 0.25) is 6.29 Å². The molecular formula is C23H22O6. The predicted octanol–water partition coefficient (Wildman–Crippen LogP) is 3.94. The molecular weight excluding hydrogens is 372 g/mol. The van der Waals surface area contributed by atoms with Crippen LogP contribution in [-0.4, -0.2) is 29.7 Å². The molecule has 3 heterocycles. The molecule has 0 aromatic heterocycles. The highest BCUT2D eigenvalue weighted by molar-refractivity contribution is 6.01. The number of carbonyl (C=O) groups is 2. The average molecular weight is 394 g/mol. The van der Waals surface area contributed by atoms with E-state index < -0.39 is 18.0 Å². The molecule has 0 spiro atoms. The van der Waals surface area contributed by atoms with Gasteiger partial charge in [-0.25, -0.2) is 0 Å². The van der Waals surface area contributed by atoms with Gasteiger partial charge in [-0.15, -0.1) is 0 Å². The maximum absolute atomic E-state index is 12.9. The Morgan fingerprint density at radius 2 is 1.86 bits per heavy atom. The van der Waals surface area contributed by atoms with Crippen molar-refractivity contribution in [3.8, 4) is 11.5 Å². The SMILES string of the molecule is CC(=O)O[C@@H]1[C@H]2c3c(ccc4c3O[C@H](c3ccccc3)CC4=O)O[C@@H]2OC1(C)C. The van der Waals surface area contributed by atoms with Gasteiger partial charge in [0.05, 0.1) is 23.5 Å². The summed E-state index contributed by atoms with van der Waals surface area (Å²) in [7, 11) is 0. The molecule has 0 unspecified atom stereocenters. The van der Waals surface area contributed by atoms with Crippen LogP contribution in [0.3, 0.4) is 0 Å². The minimum absolute atomic E-state index is 0.0218. The molecule has 0 aliphatic carbocycles. The van der Waals surface area contributed by atoms with Crippen LogP contribution in [0.1, 0.15) is 60.7 Å². The number of esters is 1. The Kier molecular flexibility index (Phi) is 3.96. The molecule has 0 radical (unpaired) electrons. The maximum Gasteiger partial charge on any atom is 0.303 e. The Bertz CT molecular complexity index is 996. The van der Waals surface area contributed by atoms with Crippen molar-refractivity contribution >= 4 is 11.8 Å². The Morgan fingerprint density at radius 3 is 2.59 bits per heavy atom. The Hall–Kier alpha value is -2.86. The molecule has 6 heteroatoms. The Morgan fingerprint density at radius 1 is 1.10 bits per heavy atom. The van der Waals surface area contributed by atoms with Crippen LogP contribution in [0.5, 0.6) is 11.5 Å². The number of ether oxygens (including phenoxy) is 4. The normalized spacial score (nSPS) is 28.6. The fourth-order valence-corrected chi connectivity index (χ4v) is 4.58. The largest absolute Gasteiger partial charge is 0.484 e.